The topological polar surface area (TPSA) is 9.23 Å². The second-order valence-corrected chi connectivity index (χ2v) is 3.62. The molecule has 1 heteroatoms. The van der Waals surface area contributed by atoms with Gasteiger partial charge in [-0.25, -0.2) is 0 Å². The Kier molecular flexibility index (Phi) is 2.74. The quantitative estimate of drug-likeness (QED) is 0.613. The lowest BCUT2D eigenvalue weighted by Crippen LogP contribution is -2.20. The molecule has 0 saturated heterocycles. The number of ether oxygens (including phenoxy) is 1. The minimum Gasteiger partial charge on any atom is -0.493 e. The summed E-state index contributed by atoms with van der Waals surface area (Å²) < 4.78 is 5.67. The Morgan fingerprint density at radius 1 is 1.43 bits per heavy atom. The van der Waals surface area contributed by atoms with Crippen LogP contribution in [-0.4, -0.2) is 6.61 Å². The number of benzene rings is 1. The van der Waals surface area contributed by atoms with E-state index in [-0.39, 0.29) is 0 Å². The maximum atomic E-state index is 5.67. The third-order valence-corrected chi connectivity index (χ3v) is 2.52. The number of hydrogen-bond donors (Lipinski definition) is 0. The van der Waals surface area contributed by atoms with Gasteiger partial charge in [0, 0.05) is 12.3 Å². The van der Waals surface area contributed by atoms with Crippen molar-refractivity contribution in [1.82, 2.24) is 0 Å². The minimum absolute atomic E-state index is 0.567. The van der Waals surface area contributed by atoms with E-state index < -0.39 is 0 Å². The Balaban J connectivity index is 2.08. The van der Waals surface area contributed by atoms with Crippen LogP contribution in [-0.2, 0) is 6.42 Å². The number of hydrogen-bond acceptors (Lipinski definition) is 1. The van der Waals surface area contributed by atoms with Crippen molar-refractivity contribution in [2.45, 2.75) is 19.8 Å². The molecule has 2 rings (SSSR count). The molecule has 1 aliphatic heterocycles. The predicted molar refractivity (Wildman–Crippen MR) is 57.2 cm³/mol. The number of fused-ring (bicyclic) bond motifs is 1. The van der Waals surface area contributed by atoms with Gasteiger partial charge >= 0.3 is 0 Å². The first-order valence-electron chi connectivity index (χ1n) is 5.00. The first-order chi connectivity index (χ1) is 6.90. The lowest BCUT2D eigenvalue weighted by atomic mass is 9.94. The van der Waals surface area contributed by atoms with Gasteiger partial charge in [0.05, 0.1) is 6.61 Å². The summed E-state index contributed by atoms with van der Waals surface area (Å²) in [5.74, 6) is 7.67. The molecule has 1 aliphatic rings. The molecule has 1 atom stereocenters. The summed E-state index contributed by atoms with van der Waals surface area (Å²) in [7, 11) is 0. The van der Waals surface area contributed by atoms with Crippen molar-refractivity contribution < 1.29 is 4.74 Å². The fourth-order valence-corrected chi connectivity index (χ4v) is 1.77. The Bertz CT molecular complexity index is 370. The summed E-state index contributed by atoms with van der Waals surface area (Å²) in [5.41, 5.74) is 1.32. The van der Waals surface area contributed by atoms with E-state index in [1.165, 1.54) is 5.56 Å². The largest absolute Gasteiger partial charge is 0.493 e. The zero-order valence-electron chi connectivity index (χ0n) is 8.42. The second-order valence-electron chi connectivity index (χ2n) is 3.62. The van der Waals surface area contributed by atoms with Crippen LogP contribution in [0.4, 0.5) is 0 Å². The molecular formula is C13H14O. The summed E-state index contributed by atoms with van der Waals surface area (Å²) in [6.45, 7) is 2.70. The first kappa shape index (κ1) is 9.15. The molecule has 0 saturated carbocycles. The highest BCUT2D eigenvalue weighted by Crippen LogP contribution is 2.27. The molecule has 0 amide bonds. The van der Waals surface area contributed by atoms with E-state index in [0.29, 0.717) is 5.92 Å². The molecule has 1 unspecified atom stereocenters. The predicted octanol–water partition coefficient (Wildman–Crippen LogP) is 2.65. The zero-order valence-corrected chi connectivity index (χ0v) is 8.42. The molecule has 0 aromatic heterocycles. The smallest absolute Gasteiger partial charge is 0.122 e. The third kappa shape index (κ3) is 1.90. The van der Waals surface area contributed by atoms with Crippen LogP contribution in [0, 0.1) is 17.8 Å². The Morgan fingerprint density at radius 2 is 2.29 bits per heavy atom. The maximum Gasteiger partial charge on any atom is 0.122 e. The molecule has 0 radical (unpaired) electrons. The van der Waals surface area contributed by atoms with Gasteiger partial charge in [-0.3, -0.25) is 0 Å². The van der Waals surface area contributed by atoms with Gasteiger partial charge in [-0.1, -0.05) is 18.2 Å². The van der Waals surface area contributed by atoms with Crippen LogP contribution < -0.4 is 4.74 Å². The SMILES string of the molecule is CC#CCC1COc2ccccc2C1. The van der Waals surface area contributed by atoms with Crippen molar-refractivity contribution in [2.75, 3.05) is 6.61 Å². The Labute approximate surface area is 85.1 Å². The van der Waals surface area contributed by atoms with Crippen LogP contribution in [0.3, 0.4) is 0 Å². The van der Waals surface area contributed by atoms with E-state index in [0.717, 1.165) is 25.2 Å². The highest BCUT2D eigenvalue weighted by Gasteiger charge is 2.17. The van der Waals surface area contributed by atoms with Crippen molar-refractivity contribution in [1.29, 1.82) is 0 Å². The van der Waals surface area contributed by atoms with Crippen molar-refractivity contribution >= 4 is 0 Å². The van der Waals surface area contributed by atoms with E-state index >= 15 is 0 Å². The van der Waals surface area contributed by atoms with E-state index in [2.05, 4.69) is 24.0 Å². The lowest BCUT2D eigenvalue weighted by molar-refractivity contribution is 0.225. The number of rotatable bonds is 1. The molecule has 0 bridgehead atoms. The summed E-state index contributed by atoms with van der Waals surface area (Å²) in [6.07, 6.45) is 2.05. The standard InChI is InChI=1S/C13H14O/c1-2-3-6-11-9-12-7-4-5-8-13(12)14-10-11/h4-5,7-8,11H,6,9-10H2,1H3. The third-order valence-electron chi connectivity index (χ3n) is 2.52. The van der Waals surface area contributed by atoms with Crippen LogP contribution in [0.2, 0.25) is 0 Å². The molecule has 0 aliphatic carbocycles. The van der Waals surface area contributed by atoms with Crippen molar-refractivity contribution in [3.63, 3.8) is 0 Å². The van der Waals surface area contributed by atoms with Crippen LogP contribution in [0.1, 0.15) is 18.9 Å². The van der Waals surface area contributed by atoms with Crippen LogP contribution in [0.25, 0.3) is 0 Å². The highest BCUT2D eigenvalue weighted by atomic mass is 16.5. The normalized spacial score (nSPS) is 18.8. The fourth-order valence-electron chi connectivity index (χ4n) is 1.77. The first-order valence-corrected chi connectivity index (χ1v) is 5.00. The molecule has 1 nitrogen and oxygen atoms in total. The maximum absolute atomic E-state index is 5.67. The number of para-hydroxylation sites is 1. The van der Waals surface area contributed by atoms with Crippen molar-refractivity contribution in [2.24, 2.45) is 5.92 Å². The average Bonchev–Trinajstić information content (AvgIpc) is 2.26. The van der Waals surface area contributed by atoms with Gasteiger partial charge in [0.15, 0.2) is 0 Å². The molecule has 0 N–H and O–H groups in total. The molecule has 0 spiro atoms. The summed E-state index contributed by atoms with van der Waals surface area (Å²) in [4.78, 5) is 0. The van der Waals surface area contributed by atoms with Gasteiger partial charge < -0.3 is 4.74 Å². The van der Waals surface area contributed by atoms with E-state index in [1.54, 1.807) is 0 Å². The molecule has 1 aromatic carbocycles. The Morgan fingerprint density at radius 3 is 3.14 bits per heavy atom. The van der Waals surface area contributed by atoms with E-state index in [9.17, 15) is 0 Å². The van der Waals surface area contributed by atoms with Gasteiger partial charge in [-0.05, 0) is 25.0 Å². The summed E-state index contributed by atoms with van der Waals surface area (Å²) in [6, 6.07) is 8.26. The van der Waals surface area contributed by atoms with Crippen LogP contribution in [0.15, 0.2) is 24.3 Å². The van der Waals surface area contributed by atoms with Gasteiger partial charge in [0.1, 0.15) is 5.75 Å². The van der Waals surface area contributed by atoms with E-state index in [1.807, 2.05) is 19.1 Å². The minimum atomic E-state index is 0.567. The zero-order chi connectivity index (χ0) is 9.80. The fraction of sp³-hybridized carbons (Fsp3) is 0.385. The lowest BCUT2D eigenvalue weighted by Gasteiger charge is -2.23. The molecule has 1 aromatic rings. The van der Waals surface area contributed by atoms with Gasteiger partial charge in [0.2, 0.25) is 0 Å². The van der Waals surface area contributed by atoms with Gasteiger partial charge in [-0.15, -0.1) is 11.8 Å². The Hall–Kier alpha value is -1.42. The van der Waals surface area contributed by atoms with Gasteiger partial charge in [-0.2, -0.15) is 0 Å². The summed E-state index contributed by atoms with van der Waals surface area (Å²) in [5, 5.41) is 0. The average molecular weight is 186 g/mol. The second kappa shape index (κ2) is 4.19. The van der Waals surface area contributed by atoms with E-state index in [4.69, 9.17) is 4.74 Å². The van der Waals surface area contributed by atoms with Crippen molar-refractivity contribution in [3.05, 3.63) is 29.8 Å². The highest BCUT2D eigenvalue weighted by molar-refractivity contribution is 5.35. The molecule has 0 fully saturated rings. The molecular weight excluding hydrogens is 172 g/mol. The molecule has 72 valence electrons. The van der Waals surface area contributed by atoms with Gasteiger partial charge in [0.25, 0.3) is 0 Å². The van der Waals surface area contributed by atoms with Crippen LogP contribution >= 0.6 is 0 Å². The van der Waals surface area contributed by atoms with Crippen molar-refractivity contribution in [3.8, 4) is 17.6 Å². The molecule has 1 heterocycles. The van der Waals surface area contributed by atoms with Crippen LogP contribution in [0.5, 0.6) is 5.75 Å². The molecule has 14 heavy (non-hydrogen) atoms. The summed E-state index contributed by atoms with van der Waals surface area (Å²) >= 11 is 0. The monoisotopic (exact) mass is 186 g/mol.